The molecule has 0 amide bonds. The fraction of sp³-hybridized carbons (Fsp3) is 1.00. The summed E-state index contributed by atoms with van der Waals surface area (Å²) in [5, 5.41) is 8.68. The second-order valence-corrected chi connectivity index (χ2v) is 3.17. The Bertz CT molecular complexity index is 102. The maximum Gasteiger partial charge on any atom is 0.0590 e. The minimum atomic E-state index is -0.0990. The molecule has 0 aromatic rings. The van der Waals surface area contributed by atoms with Crippen molar-refractivity contribution in [3.63, 3.8) is 0 Å². The summed E-state index contributed by atoms with van der Waals surface area (Å²) in [6.07, 6.45) is 4.61. The molecule has 3 heteroatoms. The number of aliphatic hydroxyl groups excluding tert-OH is 1. The van der Waals surface area contributed by atoms with E-state index in [1.807, 2.05) is 0 Å². The van der Waals surface area contributed by atoms with Crippen LogP contribution in [0.5, 0.6) is 0 Å². The Hall–Kier alpha value is -0.120. The molecule has 0 aromatic heterocycles. The molecule has 0 aliphatic carbocycles. The summed E-state index contributed by atoms with van der Waals surface area (Å²) in [5.74, 6) is 0. The van der Waals surface area contributed by atoms with Crippen molar-refractivity contribution < 1.29 is 9.84 Å². The van der Waals surface area contributed by atoms with E-state index in [2.05, 4.69) is 0 Å². The Morgan fingerprint density at radius 1 is 1.55 bits per heavy atom. The third kappa shape index (κ3) is 3.18. The Morgan fingerprint density at radius 3 is 2.91 bits per heavy atom. The van der Waals surface area contributed by atoms with Crippen LogP contribution in [0.15, 0.2) is 0 Å². The van der Waals surface area contributed by atoms with Crippen LogP contribution in [0.4, 0.5) is 0 Å². The molecule has 0 aromatic carbocycles. The Kier molecular flexibility index (Phi) is 3.83. The van der Waals surface area contributed by atoms with Crippen LogP contribution in [0.1, 0.15) is 25.7 Å². The van der Waals surface area contributed by atoms with E-state index in [0.29, 0.717) is 6.10 Å². The van der Waals surface area contributed by atoms with Crippen molar-refractivity contribution in [3.05, 3.63) is 0 Å². The third-order valence-electron chi connectivity index (χ3n) is 2.07. The summed E-state index contributed by atoms with van der Waals surface area (Å²) in [4.78, 5) is 0. The lowest BCUT2D eigenvalue weighted by Gasteiger charge is -2.24. The molecule has 11 heavy (non-hydrogen) atoms. The van der Waals surface area contributed by atoms with Gasteiger partial charge in [-0.15, -0.1) is 0 Å². The first-order valence-electron chi connectivity index (χ1n) is 4.31. The first-order chi connectivity index (χ1) is 5.33. The summed E-state index contributed by atoms with van der Waals surface area (Å²) in [5.41, 5.74) is 5.57. The van der Waals surface area contributed by atoms with Gasteiger partial charge in [-0.2, -0.15) is 0 Å². The molecule has 0 bridgehead atoms. The van der Waals surface area contributed by atoms with Gasteiger partial charge >= 0.3 is 0 Å². The molecule has 1 aliphatic heterocycles. The standard InChI is InChI=1S/C8H17NO2/c9-7(6-10)5-8-3-1-2-4-11-8/h7-8,10H,1-6,9H2/t7-,8-/m1/s1. The largest absolute Gasteiger partial charge is 0.395 e. The molecule has 0 spiro atoms. The molecule has 0 unspecified atom stereocenters. The fourth-order valence-electron chi connectivity index (χ4n) is 1.41. The number of nitrogens with two attached hydrogens (primary N) is 1. The average Bonchev–Trinajstić information content (AvgIpc) is 2.06. The number of ether oxygens (including phenoxy) is 1. The van der Waals surface area contributed by atoms with E-state index in [9.17, 15) is 0 Å². The molecule has 1 rings (SSSR count). The van der Waals surface area contributed by atoms with Gasteiger partial charge in [0.15, 0.2) is 0 Å². The zero-order valence-corrected chi connectivity index (χ0v) is 6.83. The van der Waals surface area contributed by atoms with E-state index in [0.717, 1.165) is 19.4 Å². The van der Waals surface area contributed by atoms with Crippen LogP contribution >= 0.6 is 0 Å². The van der Waals surface area contributed by atoms with Crippen molar-refractivity contribution >= 4 is 0 Å². The lowest BCUT2D eigenvalue weighted by atomic mass is 10.0. The number of rotatable bonds is 3. The van der Waals surface area contributed by atoms with Crippen LogP contribution in [-0.2, 0) is 4.74 Å². The first-order valence-corrected chi connectivity index (χ1v) is 4.31. The molecule has 0 saturated carbocycles. The van der Waals surface area contributed by atoms with Crippen LogP contribution in [0.2, 0.25) is 0 Å². The van der Waals surface area contributed by atoms with Gasteiger partial charge in [0, 0.05) is 12.6 Å². The van der Waals surface area contributed by atoms with Gasteiger partial charge in [0.1, 0.15) is 0 Å². The Morgan fingerprint density at radius 2 is 2.36 bits per heavy atom. The van der Waals surface area contributed by atoms with E-state index in [1.165, 1.54) is 12.8 Å². The minimum absolute atomic E-state index is 0.0693. The third-order valence-corrected chi connectivity index (χ3v) is 2.07. The fourth-order valence-corrected chi connectivity index (χ4v) is 1.41. The van der Waals surface area contributed by atoms with Crippen LogP contribution in [0.25, 0.3) is 0 Å². The van der Waals surface area contributed by atoms with Gasteiger partial charge in [-0.3, -0.25) is 0 Å². The zero-order valence-electron chi connectivity index (χ0n) is 6.83. The molecule has 1 aliphatic rings. The van der Waals surface area contributed by atoms with Gasteiger partial charge < -0.3 is 15.6 Å². The van der Waals surface area contributed by atoms with Crippen molar-refractivity contribution in [2.24, 2.45) is 5.73 Å². The lowest BCUT2D eigenvalue weighted by molar-refractivity contribution is 0.00418. The normalized spacial score (nSPS) is 28.4. The van der Waals surface area contributed by atoms with E-state index >= 15 is 0 Å². The van der Waals surface area contributed by atoms with Gasteiger partial charge in [0.2, 0.25) is 0 Å². The summed E-state index contributed by atoms with van der Waals surface area (Å²) >= 11 is 0. The highest BCUT2D eigenvalue weighted by Crippen LogP contribution is 2.16. The van der Waals surface area contributed by atoms with Crippen molar-refractivity contribution in [2.45, 2.75) is 37.8 Å². The monoisotopic (exact) mass is 159 g/mol. The predicted octanol–water partition coefficient (Wildman–Crippen LogP) is 0.265. The molecular weight excluding hydrogens is 142 g/mol. The Balaban J connectivity index is 2.13. The number of hydrogen-bond acceptors (Lipinski definition) is 3. The van der Waals surface area contributed by atoms with Crippen LogP contribution in [0, 0.1) is 0 Å². The van der Waals surface area contributed by atoms with E-state index < -0.39 is 0 Å². The molecular formula is C8H17NO2. The first kappa shape index (κ1) is 8.97. The lowest BCUT2D eigenvalue weighted by Crippen LogP contribution is -2.32. The highest BCUT2D eigenvalue weighted by Gasteiger charge is 2.16. The number of hydrogen-bond donors (Lipinski definition) is 2. The second kappa shape index (κ2) is 4.70. The topological polar surface area (TPSA) is 55.5 Å². The zero-order chi connectivity index (χ0) is 8.10. The average molecular weight is 159 g/mol. The van der Waals surface area contributed by atoms with Crippen LogP contribution < -0.4 is 5.73 Å². The molecule has 3 N–H and O–H groups in total. The second-order valence-electron chi connectivity index (χ2n) is 3.17. The molecule has 3 nitrogen and oxygen atoms in total. The maximum absolute atomic E-state index is 8.68. The minimum Gasteiger partial charge on any atom is -0.395 e. The predicted molar refractivity (Wildman–Crippen MR) is 43.3 cm³/mol. The van der Waals surface area contributed by atoms with Crippen LogP contribution in [-0.4, -0.2) is 30.5 Å². The van der Waals surface area contributed by atoms with E-state index in [4.69, 9.17) is 15.6 Å². The maximum atomic E-state index is 8.68. The van der Waals surface area contributed by atoms with Crippen molar-refractivity contribution in [1.29, 1.82) is 0 Å². The highest BCUT2D eigenvalue weighted by atomic mass is 16.5. The molecule has 0 radical (unpaired) electrons. The van der Waals surface area contributed by atoms with Crippen LogP contribution in [0.3, 0.4) is 0 Å². The smallest absolute Gasteiger partial charge is 0.0590 e. The highest BCUT2D eigenvalue weighted by molar-refractivity contribution is 4.70. The summed E-state index contributed by atoms with van der Waals surface area (Å²) in [6, 6.07) is -0.0990. The van der Waals surface area contributed by atoms with Gasteiger partial charge in [0.25, 0.3) is 0 Å². The van der Waals surface area contributed by atoms with Gasteiger partial charge in [-0.05, 0) is 25.7 Å². The van der Waals surface area contributed by atoms with Crippen molar-refractivity contribution in [1.82, 2.24) is 0 Å². The molecule has 1 saturated heterocycles. The summed E-state index contributed by atoms with van der Waals surface area (Å²) < 4.78 is 5.46. The SMILES string of the molecule is N[C@@H](CO)C[C@H]1CCCCO1. The summed E-state index contributed by atoms with van der Waals surface area (Å²) in [6.45, 7) is 0.933. The Labute approximate surface area is 67.5 Å². The van der Waals surface area contributed by atoms with Crippen molar-refractivity contribution in [2.75, 3.05) is 13.2 Å². The van der Waals surface area contributed by atoms with E-state index in [1.54, 1.807) is 0 Å². The van der Waals surface area contributed by atoms with Crippen molar-refractivity contribution in [3.8, 4) is 0 Å². The van der Waals surface area contributed by atoms with Gasteiger partial charge in [-0.1, -0.05) is 0 Å². The van der Waals surface area contributed by atoms with E-state index in [-0.39, 0.29) is 12.6 Å². The van der Waals surface area contributed by atoms with Gasteiger partial charge in [-0.25, -0.2) is 0 Å². The molecule has 66 valence electrons. The quantitative estimate of drug-likeness (QED) is 0.621. The number of aliphatic hydroxyl groups is 1. The molecule has 1 fully saturated rings. The summed E-state index contributed by atoms with van der Waals surface area (Å²) in [7, 11) is 0. The van der Waals surface area contributed by atoms with Gasteiger partial charge in [0.05, 0.1) is 12.7 Å². The molecule has 1 heterocycles. The molecule has 2 atom stereocenters.